The molecule has 1 atom stereocenters. The van der Waals surface area contributed by atoms with Crippen LogP contribution in [0.25, 0.3) is 17.0 Å². The van der Waals surface area contributed by atoms with Gasteiger partial charge in [-0.3, -0.25) is 14.5 Å². The molecule has 2 aromatic rings. The maximum Gasteiger partial charge on any atom is 0.237 e. The van der Waals surface area contributed by atoms with Crippen LogP contribution in [0.1, 0.15) is 18.4 Å². The number of carbonyl (C=O) groups is 2. The van der Waals surface area contributed by atoms with E-state index in [4.69, 9.17) is 12.2 Å². The SMILES string of the molecule is C#C[CH]C1(C(N)=O)CCN(CC(=O)N2CC=C(c3ccc(-c4ncccn4)cc3)CC2)C1. The van der Waals surface area contributed by atoms with Crippen LogP contribution >= 0.6 is 0 Å². The number of aromatic nitrogens is 2. The summed E-state index contributed by atoms with van der Waals surface area (Å²) in [6, 6.07) is 9.99. The molecule has 4 rings (SSSR count). The van der Waals surface area contributed by atoms with Crippen LogP contribution in [0.15, 0.2) is 48.8 Å². The van der Waals surface area contributed by atoms with Crippen LogP contribution in [0.3, 0.4) is 0 Å². The van der Waals surface area contributed by atoms with Gasteiger partial charge >= 0.3 is 0 Å². The van der Waals surface area contributed by atoms with Gasteiger partial charge in [-0.05, 0) is 36.6 Å². The van der Waals surface area contributed by atoms with Crippen molar-refractivity contribution in [3.8, 4) is 23.7 Å². The molecule has 7 nitrogen and oxygen atoms in total. The van der Waals surface area contributed by atoms with Gasteiger partial charge in [0.2, 0.25) is 11.8 Å². The van der Waals surface area contributed by atoms with E-state index in [2.05, 4.69) is 34.1 Å². The summed E-state index contributed by atoms with van der Waals surface area (Å²) in [4.78, 5) is 37.1. The summed E-state index contributed by atoms with van der Waals surface area (Å²) in [7, 11) is 0. The number of benzene rings is 1. The van der Waals surface area contributed by atoms with Gasteiger partial charge in [0.05, 0.1) is 18.4 Å². The molecule has 2 amide bonds. The highest BCUT2D eigenvalue weighted by atomic mass is 16.2. The first kappa shape index (κ1) is 21.7. The normalized spacial score (nSPS) is 21.1. The lowest BCUT2D eigenvalue weighted by atomic mass is 9.83. The van der Waals surface area contributed by atoms with Crippen LogP contribution in [0.4, 0.5) is 0 Å². The molecule has 1 fully saturated rings. The Morgan fingerprint density at radius 1 is 1.16 bits per heavy atom. The molecular formula is C25H26N5O2. The number of rotatable bonds is 6. The Morgan fingerprint density at radius 2 is 1.88 bits per heavy atom. The van der Waals surface area contributed by atoms with E-state index < -0.39 is 11.3 Å². The van der Waals surface area contributed by atoms with Gasteiger partial charge < -0.3 is 10.6 Å². The minimum Gasteiger partial charge on any atom is -0.369 e. The maximum atomic E-state index is 12.8. The maximum absolute atomic E-state index is 12.8. The first-order chi connectivity index (χ1) is 15.5. The molecule has 0 aliphatic carbocycles. The zero-order chi connectivity index (χ0) is 22.6. The summed E-state index contributed by atoms with van der Waals surface area (Å²) in [6.45, 7) is 2.52. The highest BCUT2D eigenvalue weighted by Crippen LogP contribution is 2.33. The highest BCUT2D eigenvalue weighted by molar-refractivity contribution is 5.84. The standard InChI is InChI=1S/C25H26N5O2/c1-2-10-25(24(26)32)11-16-29(18-25)17-22(31)30-14-8-20(9-15-30)19-4-6-21(7-5-19)23-27-12-3-13-28-23/h1,3-8,10,12-13H,9,11,14-18H2,(H2,26,32). The first-order valence-corrected chi connectivity index (χ1v) is 10.7. The molecule has 2 N–H and O–H groups in total. The molecule has 0 saturated carbocycles. The van der Waals surface area contributed by atoms with Crippen molar-refractivity contribution in [2.24, 2.45) is 11.1 Å². The molecule has 0 bridgehead atoms. The number of nitrogens with two attached hydrogens (primary N) is 1. The monoisotopic (exact) mass is 428 g/mol. The molecule has 1 aromatic carbocycles. The summed E-state index contributed by atoms with van der Waals surface area (Å²) in [5.41, 5.74) is 8.08. The fourth-order valence-corrected chi connectivity index (χ4v) is 4.33. The van der Waals surface area contributed by atoms with Gasteiger partial charge in [0.1, 0.15) is 0 Å². The molecule has 1 saturated heterocycles. The number of nitrogens with zero attached hydrogens (tertiary/aromatic N) is 4. The fraction of sp³-hybridized carbons (Fsp3) is 0.320. The number of hydrogen-bond donors (Lipinski definition) is 1. The largest absolute Gasteiger partial charge is 0.369 e. The first-order valence-electron chi connectivity index (χ1n) is 10.7. The van der Waals surface area contributed by atoms with Crippen LogP contribution in [0.5, 0.6) is 0 Å². The quantitative estimate of drug-likeness (QED) is 0.708. The lowest BCUT2D eigenvalue weighted by Gasteiger charge is -2.29. The predicted molar refractivity (Wildman–Crippen MR) is 122 cm³/mol. The van der Waals surface area contributed by atoms with Crippen LogP contribution in [-0.4, -0.2) is 64.3 Å². The summed E-state index contributed by atoms with van der Waals surface area (Å²) in [6.07, 6.45) is 13.8. The lowest BCUT2D eigenvalue weighted by molar-refractivity contribution is -0.132. The number of carbonyl (C=O) groups excluding carboxylic acids is 2. The van der Waals surface area contributed by atoms with Gasteiger partial charge in [-0.25, -0.2) is 9.97 Å². The van der Waals surface area contributed by atoms with Gasteiger partial charge in [-0.2, -0.15) is 0 Å². The molecule has 163 valence electrons. The Hall–Kier alpha value is -3.50. The molecule has 2 aliphatic heterocycles. The van der Waals surface area contributed by atoms with E-state index in [1.807, 2.05) is 21.9 Å². The number of primary amides is 1. The van der Waals surface area contributed by atoms with Gasteiger partial charge in [0.25, 0.3) is 0 Å². The average molecular weight is 429 g/mol. The van der Waals surface area contributed by atoms with Crippen molar-refractivity contribution in [1.82, 2.24) is 19.8 Å². The molecule has 3 heterocycles. The van der Waals surface area contributed by atoms with Crippen molar-refractivity contribution in [3.05, 3.63) is 60.8 Å². The zero-order valence-corrected chi connectivity index (χ0v) is 17.9. The van der Waals surface area contributed by atoms with Gasteiger partial charge in [-0.15, -0.1) is 12.3 Å². The Kier molecular flexibility index (Phi) is 6.33. The van der Waals surface area contributed by atoms with Crippen molar-refractivity contribution in [2.45, 2.75) is 12.8 Å². The third-order valence-electron chi connectivity index (χ3n) is 6.23. The summed E-state index contributed by atoms with van der Waals surface area (Å²) >= 11 is 0. The van der Waals surface area contributed by atoms with E-state index >= 15 is 0 Å². The summed E-state index contributed by atoms with van der Waals surface area (Å²) < 4.78 is 0. The minimum absolute atomic E-state index is 0.0536. The van der Waals surface area contributed by atoms with Crippen molar-refractivity contribution in [2.75, 3.05) is 32.7 Å². The molecule has 1 radical (unpaired) electrons. The summed E-state index contributed by atoms with van der Waals surface area (Å²) in [5, 5.41) is 0. The van der Waals surface area contributed by atoms with Gasteiger partial charge in [-0.1, -0.05) is 30.3 Å². The topological polar surface area (TPSA) is 92.4 Å². The molecule has 32 heavy (non-hydrogen) atoms. The summed E-state index contributed by atoms with van der Waals surface area (Å²) in [5.74, 6) is 2.77. The molecule has 7 heteroatoms. The van der Waals surface area contributed by atoms with Crippen LogP contribution in [-0.2, 0) is 9.59 Å². The molecular weight excluding hydrogens is 402 g/mol. The van der Waals surface area contributed by atoms with Crippen molar-refractivity contribution in [1.29, 1.82) is 0 Å². The second-order valence-corrected chi connectivity index (χ2v) is 8.26. The van der Waals surface area contributed by atoms with E-state index in [0.29, 0.717) is 38.4 Å². The predicted octanol–water partition coefficient (Wildman–Crippen LogP) is 1.77. The number of likely N-dealkylation sites (tertiary alicyclic amines) is 1. The smallest absolute Gasteiger partial charge is 0.237 e. The van der Waals surface area contributed by atoms with E-state index in [9.17, 15) is 9.59 Å². The third kappa shape index (κ3) is 4.56. The molecule has 1 unspecified atom stereocenters. The van der Waals surface area contributed by atoms with E-state index in [1.165, 1.54) is 12.0 Å². The highest BCUT2D eigenvalue weighted by Gasteiger charge is 2.43. The minimum atomic E-state index is -0.832. The van der Waals surface area contributed by atoms with Crippen molar-refractivity contribution < 1.29 is 9.59 Å². The van der Waals surface area contributed by atoms with Crippen molar-refractivity contribution >= 4 is 17.4 Å². The second-order valence-electron chi connectivity index (χ2n) is 8.26. The Labute approximate surface area is 188 Å². The van der Waals surface area contributed by atoms with Gasteiger partial charge in [0, 0.05) is 37.6 Å². The van der Waals surface area contributed by atoms with E-state index in [1.54, 1.807) is 18.5 Å². The van der Waals surface area contributed by atoms with E-state index in [0.717, 1.165) is 17.5 Å². The number of hydrogen-bond acceptors (Lipinski definition) is 5. The molecule has 1 aromatic heterocycles. The van der Waals surface area contributed by atoms with Crippen LogP contribution in [0.2, 0.25) is 0 Å². The Bertz CT molecular complexity index is 1060. The fourth-order valence-electron chi connectivity index (χ4n) is 4.33. The number of terminal acetylenes is 1. The van der Waals surface area contributed by atoms with Crippen molar-refractivity contribution in [3.63, 3.8) is 0 Å². The third-order valence-corrected chi connectivity index (χ3v) is 6.23. The molecule has 0 spiro atoms. The number of amides is 2. The van der Waals surface area contributed by atoms with Crippen LogP contribution < -0.4 is 5.73 Å². The Balaban J connectivity index is 1.34. The Morgan fingerprint density at radius 3 is 2.50 bits per heavy atom. The van der Waals surface area contributed by atoms with Crippen LogP contribution in [0, 0.1) is 24.2 Å². The zero-order valence-electron chi connectivity index (χ0n) is 17.9. The van der Waals surface area contributed by atoms with E-state index in [-0.39, 0.29) is 12.5 Å². The molecule has 2 aliphatic rings. The van der Waals surface area contributed by atoms with Gasteiger partial charge in [0.15, 0.2) is 5.82 Å². The lowest BCUT2D eigenvalue weighted by Crippen LogP contribution is -2.44. The average Bonchev–Trinajstić information content (AvgIpc) is 3.24. The second kappa shape index (κ2) is 9.33.